The van der Waals surface area contributed by atoms with Crippen LogP contribution in [0.15, 0.2) is 22.7 Å². The van der Waals surface area contributed by atoms with Crippen molar-refractivity contribution in [2.45, 2.75) is 19.3 Å². The Kier molecular flexibility index (Phi) is 3.56. The van der Waals surface area contributed by atoms with Gasteiger partial charge in [-0.2, -0.15) is 0 Å². The molecule has 1 rings (SSSR count). The summed E-state index contributed by atoms with van der Waals surface area (Å²) in [4.78, 5) is 0. The first-order chi connectivity index (χ1) is 6.47. The van der Waals surface area contributed by atoms with Crippen molar-refractivity contribution < 1.29 is 5.11 Å². The average Bonchev–Trinajstić information content (AvgIpc) is 2.09. The smallest absolute Gasteiger partial charge is 0.119 e. The maximum Gasteiger partial charge on any atom is 0.119 e. The second-order valence-electron chi connectivity index (χ2n) is 4.08. The minimum Gasteiger partial charge on any atom is -0.508 e. The number of aromatic hydroxyl groups is 1. The molecule has 2 nitrogen and oxygen atoms in total. The van der Waals surface area contributed by atoms with Gasteiger partial charge in [0.05, 0.1) is 0 Å². The Labute approximate surface area is 93.5 Å². The minimum atomic E-state index is -0.0669. The molecule has 14 heavy (non-hydrogen) atoms. The summed E-state index contributed by atoms with van der Waals surface area (Å²) < 4.78 is 0.995. The van der Waals surface area contributed by atoms with Crippen LogP contribution in [0.3, 0.4) is 0 Å². The molecule has 1 aromatic carbocycles. The van der Waals surface area contributed by atoms with Gasteiger partial charge in [0, 0.05) is 22.0 Å². The van der Waals surface area contributed by atoms with Crippen LogP contribution in [0, 0.1) is 0 Å². The van der Waals surface area contributed by atoms with E-state index in [2.05, 4.69) is 35.1 Å². The third kappa shape index (κ3) is 2.49. The van der Waals surface area contributed by atoms with E-state index >= 15 is 0 Å². The number of nitrogens with one attached hydrogen (secondary N) is 1. The van der Waals surface area contributed by atoms with E-state index in [0.29, 0.717) is 5.75 Å². The molecule has 0 bridgehead atoms. The van der Waals surface area contributed by atoms with Gasteiger partial charge in [-0.25, -0.2) is 0 Å². The van der Waals surface area contributed by atoms with Crippen LogP contribution in [0.2, 0.25) is 0 Å². The maximum atomic E-state index is 9.75. The normalized spacial score (nSPS) is 11.7. The molecule has 1 aromatic rings. The maximum absolute atomic E-state index is 9.75. The molecule has 0 fully saturated rings. The predicted octanol–water partition coefficient (Wildman–Crippen LogP) is 2.65. The SMILES string of the molecule is CNCC(C)(C)c1cc(Br)ccc1O. The van der Waals surface area contributed by atoms with Gasteiger partial charge in [0.15, 0.2) is 0 Å². The molecule has 0 amide bonds. The molecular formula is C11H16BrNO. The summed E-state index contributed by atoms with van der Waals surface area (Å²) in [6.07, 6.45) is 0. The van der Waals surface area contributed by atoms with Crippen molar-refractivity contribution >= 4 is 15.9 Å². The molecule has 0 aliphatic heterocycles. The highest BCUT2D eigenvalue weighted by molar-refractivity contribution is 9.10. The third-order valence-corrected chi connectivity index (χ3v) is 2.80. The van der Waals surface area contributed by atoms with E-state index in [1.54, 1.807) is 6.07 Å². The summed E-state index contributed by atoms with van der Waals surface area (Å²) in [5.74, 6) is 0.355. The highest BCUT2D eigenvalue weighted by Gasteiger charge is 2.23. The number of likely N-dealkylation sites (N-methyl/N-ethyl adjacent to an activating group) is 1. The second-order valence-corrected chi connectivity index (χ2v) is 4.99. The number of halogens is 1. The van der Waals surface area contributed by atoms with Crippen LogP contribution >= 0.6 is 15.9 Å². The van der Waals surface area contributed by atoms with E-state index in [9.17, 15) is 5.11 Å². The molecule has 0 unspecified atom stereocenters. The molecule has 0 atom stereocenters. The van der Waals surface area contributed by atoms with Crippen molar-refractivity contribution in [3.05, 3.63) is 28.2 Å². The predicted molar refractivity (Wildman–Crippen MR) is 62.8 cm³/mol. The zero-order chi connectivity index (χ0) is 10.8. The lowest BCUT2D eigenvalue weighted by molar-refractivity contribution is 0.426. The molecule has 0 radical (unpaired) electrons. The van der Waals surface area contributed by atoms with Gasteiger partial charge < -0.3 is 10.4 Å². The highest BCUT2D eigenvalue weighted by atomic mass is 79.9. The van der Waals surface area contributed by atoms with Crippen LogP contribution in [0.5, 0.6) is 5.75 Å². The summed E-state index contributed by atoms with van der Waals surface area (Å²) >= 11 is 3.41. The van der Waals surface area contributed by atoms with Crippen molar-refractivity contribution in [2.75, 3.05) is 13.6 Å². The van der Waals surface area contributed by atoms with E-state index in [4.69, 9.17) is 0 Å². The van der Waals surface area contributed by atoms with Gasteiger partial charge in [-0.3, -0.25) is 0 Å². The van der Waals surface area contributed by atoms with Crippen molar-refractivity contribution in [3.8, 4) is 5.75 Å². The Hall–Kier alpha value is -0.540. The Bertz CT molecular complexity index is 323. The molecule has 2 N–H and O–H groups in total. The lowest BCUT2D eigenvalue weighted by Crippen LogP contribution is -2.30. The zero-order valence-corrected chi connectivity index (χ0v) is 10.4. The lowest BCUT2D eigenvalue weighted by atomic mass is 9.84. The van der Waals surface area contributed by atoms with Crippen LogP contribution in [0.1, 0.15) is 19.4 Å². The number of hydrogen-bond acceptors (Lipinski definition) is 2. The van der Waals surface area contributed by atoms with Gasteiger partial charge in [0.2, 0.25) is 0 Å². The quantitative estimate of drug-likeness (QED) is 0.873. The van der Waals surface area contributed by atoms with Gasteiger partial charge in [0.1, 0.15) is 5.75 Å². The van der Waals surface area contributed by atoms with Crippen LogP contribution in [0.25, 0.3) is 0 Å². The summed E-state index contributed by atoms with van der Waals surface area (Å²) in [5, 5.41) is 12.9. The number of phenols is 1. The first kappa shape index (κ1) is 11.5. The molecule has 3 heteroatoms. The Morgan fingerprint density at radius 3 is 2.64 bits per heavy atom. The highest BCUT2D eigenvalue weighted by Crippen LogP contribution is 2.32. The first-order valence-electron chi connectivity index (χ1n) is 4.61. The molecule has 78 valence electrons. The Morgan fingerprint density at radius 2 is 2.07 bits per heavy atom. The molecule has 0 aromatic heterocycles. The fourth-order valence-corrected chi connectivity index (χ4v) is 1.95. The van der Waals surface area contributed by atoms with E-state index in [1.807, 2.05) is 19.2 Å². The molecule has 0 spiro atoms. The largest absolute Gasteiger partial charge is 0.508 e. The minimum absolute atomic E-state index is 0.0669. The first-order valence-corrected chi connectivity index (χ1v) is 5.40. The Morgan fingerprint density at radius 1 is 1.43 bits per heavy atom. The molecule has 0 saturated carbocycles. The monoisotopic (exact) mass is 257 g/mol. The van der Waals surface area contributed by atoms with E-state index in [1.165, 1.54) is 0 Å². The van der Waals surface area contributed by atoms with E-state index in [0.717, 1.165) is 16.6 Å². The van der Waals surface area contributed by atoms with Crippen molar-refractivity contribution in [1.82, 2.24) is 5.32 Å². The van der Waals surface area contributed by atoms with Crippen LogP contribution in [0.4, 0.5) is 0 Å². The summed E-state index contributed by atoms with van der Waals surface area (Å²) in [7, 11) is 1.91. The molecule has 0 heterocycles. The fraction of sp³-hybridized carbons (Fsp3) is 0.455. The third-order valence-electron chi connectivity index (χ3n) is 2.31. The summed E-state index contributed by atoms with van der Waals surface area (Å²) in [5.41, 5.74) is 0.893. The van der Waals surface area contributed by atoms with Crippen molar-refractivity contribution in [1.29, 1.82) is 0 Å². The van der Waals surface area contributed by atoms with Crippen LogP contribution in [-0.2, 0) is 5.41 Å². The zero-order valence-electron chi connectivity index (χ0n) is 8.76. The fourth-order valence-electron chi connectivity index (χ4n) is 1.59. The summed E-state index contributed by atoms with van der Waals surface area (Å²) in [6.45, 7) is 5.03. The molecule has 0 saturated heterocycles. The topological polar surface area (TPSA) is 32.3 Å². The van der Waals surface area contributed by atoms with Crippen molar-refractivity contribution in [3.63, 3.8) is 0 Å². The lowest BCUT2D eigenvalue weighted by Gasteiger charge is -2.25. The molecule has 0 aliphatic carbocycles. The van der Waals surface area contributed by atoms with E-state index in [-0.39, 0.29) is 5.41 Å². The van der Waals surface area contributed by atoms with E-state index < -0.39 is 0 Å². The number of hydrogen-bond donors (Lipinski definition) is 2. The number of benzene rings is 1. The second kappa shape index (κ2) is 4.32. The van der Waals surface area contributed by atoms with Crippen molar-refractivity contribution in [2.24, 2.45) is 0 Å². The van der Waals surface area contributed by atoms with Crippen LogP contribution in [-0.4, -0.2) is 18.7 Å². The van der Waals surface area contributed by atoms with Crippen LogP contribution < -0.4 is 5.32 Å². The van der Waals surface area contributed by atoms with Gasteiger partial charge in [-0.05, 0) is 25.2 Å². The summed E-state index contributed by atoms with van der Waals surface area (Å²) in [6, 6.07) is 5.53. The number of phenolic OH excluding ortho intramolecular Hbond substituents is 1. The standard InChI is InChI=1S/C11H16BrNO/c1-11(2,7-13-3)9-6-8(12)4-5-10(9)14/h4-6,13-14H,7H2,1-3H3. The van der Waals surface area contributed by atoms with Gasteiger partial charge in [-0.1, -0.05) is 29.8 Å². The average molecular weight is 258 g/mol. The molecule has 0 aliphatic rings. The number of rotatable bonds is 3. The van der Waals surface area contributed by atoms with Gasteiger partial charge in [-0.15, -0.1) is 0 Å². The molecular weight excluding hydrogens is 242 g/mol. The van der Waals surface area contributed by atoms with Gasteiger partial charge in [0.25, 0.3) is 0 Å². The Balaban J connectivity index is 3.10. The van der Waals surface area contributed by atoms with Gasteiger partial charge >= 0.3 is 0 Å².